The Labute approximate surface area is 112 Å². The zero-order valence-electron chi connectivity index (χ0n) is 10.6. The quantitative estimate of drug-likeness (QED) is 0.471. The number of benzene rings is 2. The largest absolute Gasteiger partial charge is 0.253 e. The fourth-order valence-electron chi connectivity index (χ4n) is 2.72. The maximum absolute atomic E-state index is 9.27. The molecule has 1 aliphatic carbocycles. The maximum Gasteiger partial charge on any atom is 0.148 e. The van der Waals surface area contributed by atoms with Crippen LogP contribution in [0.1, 0.15) is 16.7 Å². The Morgan fingerprint density at radius 3 is 2.42 bits per heavy atom. The molecule has 2 heteroatoms. The zero-order chi connectivity index (χ0) is 13.4. The van der Waals surface area contributed by atoms with E-state index in [4.69, 9.17) is 0 Å². The molecule has 90 valence electrons. The summed E-state index contributed by atoms with van der Waals surface area (Å²) in [6.07, 6.45) is 0. The van der Waals surface area contributed by atoms with Crippen LogP contribution < -0.4 is 0 Å². The Balaban J connectivity index is 2.49. The predicted molar refractivity (Wildman–Crippen MR) is 77.8 cm³/mol. The molecule has 2 aromatic carbocycles. The van der Waals surface area contributed by atoms with Crippen molar-refractivity contribution in [2.75, 3.05) is 0 Å². The summed E-state index contributed by atoms with van der Waals surface area (Å²) in [6, 6.07) is 16.4. The smallest absolute Gasteiger partial charge is 0.148 e. The molecule has 3 rings (SSSR count). The first-order chi connectivity index (χ1) is 9.27. The number of fused-ring (bicyclic) bond motifs is 3. The zero-order valence-corrected chi connectivity index (χ0v) is 10.6. The molecule has 2 nitrogen and oxygen atoms in total. The van der Waals surface area contributed by atoms with Gasteiger partial charge in [0.2, 0.25) is 0 Å². The molecule has 0 spiro atoms. The van der Waals surface area contributed by atoms with Crippen LogP contribution in [-0.4, -0.2) is 6.72 Å². The third-order valence-corrected chi connectivity index (χ3v) is 3.51. The lowest BCUT2D eigenvalue weighted by Crippen LogP contribution is -1.87. The number of nitrogens with zero attached hydrogens (tertiary/aromatic N) is 2. The molecule has 0 fully saturated rings. The van der Waals surface area contributed by atoms with Crippen LogP contribution in [0.4, 0.5) is 0 Å². The van der Waals surface area contributed by atoms with Gasteiger partial charge in [0.1, 0.15) is 11.8 Å². The van der Waals surface area contributed by atoms with Crippen LogP contribution in [-0.2, 0) is 0 Å². The standard InChI is InChI=1S/C17H12N2/c1-11-6-5-9-14-16(11)12-7-3-4-8-13(12)17(14)15(10-18)19-2/h3-9H,2H2,1H3/b17-15+. The van der Waals surface area contributed by atoms with E-state index in [1.54, 1.807) is 0 Å². The van der Waals surface area contributed by atoms with E-state index in [0.717, 1.165) is 16.7 Å². The summed E-state index contributed by atoms with van der Waals surface area (Å²) in [5.74, 6) is 0. The maximum atomic E-state index is 9.27. The van der Waals surface area contributed by atoms with Crippen LogP contribution in [0.2, 0.25) is 0 Å². The van der Waals surface area contributed by atoms with Gasteiger partial charge in [0.15, 0.2) is 0 Å². The van der Waals surface area contributed by atoms with Crippen LogP contribution in [0.25, 0.3) is 16.7 Å². The van der Waals surface area contributed by atoms with E-state index in [1.165, 1.54) is 16.7 Å². The molecule has 1 aliphatic rings. The number of aryl methyl sites for hydroxylation is 1. The highest BCUT2D eigenvalue weighted by Gasteiger charge is 2.26. The van der Waals surface area contributed by atoms with Gasteiger partial charge in [0.05, 0.1) is 0 Å². The van der Waals surface area contributed by atoms with Crippen molar-refractivity contribution in [1.29, 1.82) is 5.26 Å². The van der Waals surface area contributed by atoms with E-state index in [0.29, 0.717) is 5.70 Å². The Bertz CT molecular complexity index is 761. The summed E-state index contributed by atoms with van der Waals surface area (Å²) in [4.78, 5) is 3.88. The molecule has 0 radical (unpaired) electrons. The van der Waals surface area contributed by atoms with Gasteiger partial charge in [-0.1, -0.05) is 42.5 Å². The van der Waals surface area contributed by atoms with Gasteiger partial charge in [0, 0.05) is 5.57 Å². The predicted octanol–water partition coefficient (Wildman–Crippen LogP) is 3.96. The van der Waals surface area contributed by atoms with Crippen molar-refractivity contribution in [3.63, 3.8) is 0 Å². The highest BCUT2D eigenvalue weighted by molar-refractivity contribution is 6.03. The second-order valence-corrected chi connectivity index (χ2v) is 4.54. The molecule has 0 aliphatic heterocycles. The van der Waals surface area contributed by atoms with Gasteiger partial charge in [-0.25, -0.2) is 0 Å². The van der Waals surface area contributed by atoms with Gasteiger partial charge < -0.3 is 0 Å². The van der Waals surface area contributed by atoms with Crippen LogP contribution in [0.15, 0.2) is 53.2 Å². The van der Waals surface area contributed by atoms with E-state index < -0.39 is 0 Å². The van der Waals surface area contributed by atoms with Crippen molar-refractivity contribution < 1.29 is 0 Å². The van der Waals surface area contributed by atoms with Crippen molar-refractivity contribution in [2.45, 2.75) is 6.92 Å². The van der Waals surface area contributed by atoms with Crippen LogP contribution in [0.3, 0.4) is 0 Å². The number of allylic oxidation sites excluding steroid dienone is 1. The highest BCUT2D eigenvalue weighted by atomic mass is 14.7. The van der Waals surface area contributed by atoms with Crippen molar-refractivity contribution >= 4 is 12.3 Å². The molecule has 0 bridgehead atoms. The van der Waals surface area contributed by atoms with Crippen molar-refractivity contribution in [1.82, 2.24) is 0 Å². The Morgan fingerprint density at radius 1 is 1.05 bits per heavy atom. The average Bonchev–Trinajstić information content (AvgIpc) is 2.77. The minimum Gasteiger partial charge on any atom is -0.253 e. The van der Waals surface area contributed by atoms with Crippen molar-refractivity contribution in [2.24, 2.45) is 4.99 Å². The number of hydrogen-bond acceptors (Lipinski definition) is 2. The molecule has 19 heavy (non-hydrogen) atoms. The number of rotatable bonds is 1. The Morgan fingerprint density at radius 2 is 1.74 bits per heavy atom. The first-order valence-corrected chi connectivity index (χ1v) is 6.08. The van der Waals surface area contributed by atoms with Gasteiger partial charge in [0.25, 0.3) is 0 Å². The third-order valence-electron chi connectivity index (χ3n) is 3.51. The number of nitriles is 1. The second kappa shape index (κ2) is 4.22. The fraction of sp³-hybridized carbons (Fsp3) is 0.0588. The SMILES string of the molecule is C=N/C(C#N)=C1\c2ccccc2-c2c(C)cccc21. The number of hydrogen-bond donors (Lipinski definition) is 0. The molecular weight excluding hydrogens is 232 g/mol. The third kappa shape index (κ3) is 1.52. The minimum atomic E-state index is 0.386. The molecular formula is C17H12N2. The summed E-state index contributed by atoms with van der Waals surface area (Å²) in [5, 5.41) is 9.27. The molecule has 0 unspecified atom stereocenters. The molecule has 0 amide bonds. The first kappa shape index (κ1) is 11.4. The molecule has 0 aromatic heterocycles. The van der Waals surface area contributed by atoms with Crippen molar-refractivity contribution in [3.05, 3.63) is 64.9 Å². The van der Waals surface area contributed by atoms with E-state index in [-0.39, 0.29) is 0 Å². The Kier molecular flexibility index (Phi) is 2.54. The van der Waals surface area contributed by atoms with Crippen LogP contribution in [0, 0.1) is 18.3 Å². The van der Waals surface area contributed by atoms with Gasteiger partial charge in [-0.15, -0.1) is 0 Å². The normalized spacial score (nSPS) is 14.3. The van der Waals surface area contributed by atoms with E-state index in [9.17, 15) is 5.26 Å². The first-order valence-electron chi connectivity index (χ1n) is 6.08. The highest BCUT2D eigenvalue weighted by Crippen LogP contribution is 2.46. The summed E-state index contributed by atoms with van der Waals surface area (Å²) in [5.41, 5.74) is 7.00. The monoisotopic (exact) mass is 244 g/mol. The van der Waals surface area contributed by atoms with Crippen molar-refractivity contribution in [3.8, 4) is 17.2 Å². The van der Waals surface area contributed by atoms with Crippen LogP contribution in [0.5, 0.6) is 0 Å². The van der Waals surface area contributed by atoms with Gasteiger partial charge in [-0.3, -0.25) is 4.99 Å². The second-order valence-electron chi connectivity index (χ2n) is 4.54. The molecule has 2 aromatic rings. The van der Waals surface area contributed by atoms with Gasteiger partial charge in [-0.05, 0) is 41.5 Å². The lowest BCUT2D eigenvalue weighted by Gasteiger charge is -2.04. The lowest BCUT2D eigenvalue weighted by atomic mass is 10.00. The fourth-order valence-corrected chi connectivity index (χ4v) is 2.72. The average molecular weight is 244 g/mol. The topological polar surface area (TPSA) is 36.1 Å². The van der Waals surface area contributed by atoms with E-state index >= 15 is 0 Å². The summed E-state index contributed by atoms with van der Waals surface area (Å²) >= 11 is 0. The van der Waals surface area contributed by atoms with E-state index in [2.05, 4.69) is 36.8 Å². The number of aliphatic imine (C=N–C) groups is 1. The molecule has 0 atom stereocenters. The summed E-state index contributed by atoms with van der Waals surface area (Å²) < 4.78 is 0. The Hall–Kier alpha value is -2.66. The lowest BCUT2D eigenvalue weighted by molar-refractivity contribution is 1.39. The molecule has 0 saturated heterocycles. The molecule has 0 N–H and O–H groups in total. The van der Waals surface area contributed by atoms with Gasteiger partial charge >= 0.3 is 0 Å². The van der Waals surface area contributed by atoms with Gasteiger partial charge in [-0.2, -0.15) is 5.26 Å². The minimum absolute atomic E-state index is 0.386. The van der Waals surface area contributed by atoms with Crippen LogP contribution >= 0.6 is 0 Å². The summed E-state index contributed by atoms with van der Waals surface area (Å²) in [7, 11) is 0. The molecule has 0 saturated carbocycles. The summed E-state index contributed by atoms with van der Waals surface area (Å²) in [6.45, 7) is 5.60. The molecule has 0 heterocycles. The van der Waals surface area contributed by atoms with E-state index in [1.807, 2.05) is 30.3 Å².